The highest BCUT2D eigenvalue weighted by molar-refractivity contribution is 5.74. The fourth-order valence-corrected chi connectivity index (χ4v) is 2.22. The van der Waals surface area contributed by atoms with Gasteiger partial charge in [0.1, 0.15) is 0 Å². The maximum atomic E-state index is 11.8. The molecule has 1 aromatic carbocycles. The first kappa shape index (κ1) is 14.3. The lowest BCUT2D eigenvalue weighted by molar-refractivity contribution is -0.137. The zero-order chi connectivity index (χ0) is 14.9. The minimum Gasteiger partial charge on any atom is -0.481 e. The molecule has 0 aliphatic rings. The second kappa shape index (κ2) is 5.50. The monoisotopic (exact) mass is 278 g/mol. The van der Waals surface area contributed by atoms with E-state index in [0.717, 1.165) is 5.56 Å². The Kier molecular flexibility index (Phi) is 3.94. The molecule has 0 fully saturated rings. The van der Waals surface area contributed by atoms with E-state index in [4.69, 9.17) is 15.3 Å². The number of hydrogen-bond donors (Lipinski definition) is 2. The highest BCUT2D eigenvalue weighted by Crippen LogP contribution is 2.23. The third-order valence-electron chi connectivity index (χ3n) is 3.25. The molecule has 0 aliphatic carbocycles. The van der Waals surface area contributed by atoms with E-state index in [1.165, 1.54) is 0 Å². The van der Waals surface area contributed by atoms with Crippen molar-refractivity contribution in [3.63, 3.8) is 0 Å². The Balaban J connectivity index is 2.39. The van der Waals surface area contributed by atoms with Gasteiger partial charge < -0.3 is 15.3 Å². The molecule has 1 unspecified atom stereocenters. The molecule has 3 N–H and O–H groups in total. The minimum absolute atomic E-state index is 0.0155. The Morgan fingerprint density at radius 3 is 2.75 bits per heavy atom. The number of benzene rings is 1. The molecular weight excluding hydrogens is 260 g/mol. The van der Waals surface area contributed by atoms with E-state index in [2.05, 4.69) is 0 Å². The summed E-state index contributed by atoms with van der Waals surface area (Å²) in [5.74, 6) is -1.27. The van der Waals surface area contributed by atoms with Crippen LogP contribution in [-0.4, -0.2) is 15.6 Å². The molecule has 0 radical (unpaired) electrons. The van der Waals surface area contributed by atoms with Crippen LogP contribution in [-0.2, 0) is 4.79 Å². The number of oxazole rings is 1. The molecule has 6 nitrogen and oxygen atoms in total. The maximum absolute atomic E-state index is 11.8. The zero-order valence-electron chi connectivity index (χ0n) is 11.5. The fraction of sp³-hybridized carbons (Fsp3) is 0.429. The molecular formula is C14H18N2O4. The quantitative estimate of drug-likeness (QED) is 0.872. The number of rotatable bonds is 5. The van der Waals surface area contributed by atoms with Gasteiger partial charge in [-0.3, -0.25) is 9.36 Å². The van der Waals surface area contributed by atoms with Gasteiger partial charge in [0.2, 0.25) is 0 Å². The molecule has 2 rings (SSSR count). The van der Waals surface area contributed by atoms with Crippen molar-refractivity contribution in [3.05, 3.63) is 34.3 Å². The van der Waals surface area contributed by atoms with Crippen LogP contribution in [0.4, 0.5) is 0 Å². The van der Waals surface area contributed by atoms with Gasteiger partial charge in [0.25, 0.3) is 0 Å². The molecule has 0 saturated carbocycles. The summed E-state index contributed by atoms with van der Waals surface area (Å²) in [5.41, 5.74) is 7.99. The van der Waals surface area contributed by atoms with Crippen molar-refractivity contribution in [2.24, 2.45) is 5.73 Å². The first-order valence-corrected chi connectivity index (χ1v) is 6.52. The number of carbonyl (C=O) groups is 1. The van der Waals surface area contributed by atoms with Crippen LogP contribution in [0, 0.1) is 0 Å². The first-order valence-electron chi connectivity index (χ1n) is 6.52. The largest absolute Gasteiger partial charge is 0.481 e. The SMILES string of the molecule is CC(C)n1c(=O)oc2ccc(C(N)CCC(=O)O)cc21. The van der Waals surface area contributed by atoms with Gasteiger partial charge in [-0.05, 0) is 38.0 Å². The number of carboxylic acids is 1. The van der Waals surface area contributed by atoms with Crippen molar-refractivity contribution in [1.29, 1.82) is 0 Å². The Bertz CT molecular complexity index is 684. The van der Waals surface area contributed by atoms with Crippen molar-refractivity contribution in [2.75, 3.05) is 0 Å². The summed E-state index contributed by atoms with van der Waals surface area (Å²) in [4.78, 5) is 22.3. The fourth-order valence-electron chi connectivity index (χ4n) is 2.22. The van der Waals surface area contributed by atoms with E-state index in [1.54, 1.807) is 22.8 Å². The Labute approximate surface area is 115 Å². The molecule has 1 aromatic heterocycles. The normalized spacial score (nSPS) is 13.0. The Morgan fingerprint density at radius 1 is 1.45 bits per heavy atom. The van der Waals surface area contributed by atoms with Crippen LogP contribution in [0.25, 0.3) is 11.1 Å². The topological polar surface area (TPSA) is 98.5 Å². The average Bonchev–Trinajstić information content (AvgIpc) is 2.70. The summed E-state index contributed by atoms with van der Waals surface area (Å²) in [6.07, 6.45) is 0.367. The van der Waals surface area contributed by atoms with Crippen LogP contribution in [0.15, 0.2) is 27.4 Å². The number of hydrogen-bond acceptors (Lipinski definition) is 4. The third-order valence-corrected chi connectivity index (χ3v) is 3.25. The molecule has 0 saturated heterocycles. The second-order valence-corrected chi connectivity index (χ2v) is 5.10. The molecule has 1 atom stereocenters. The Hall–Kier alpha value is -2.08. The van der Waals surface area contributed by atoms with Crippen LogP contribution in [0.2, 0.25) is 0 Å². The molecule has 0 aliphatic heterocycles. The van der Waals surface area contributed by atoms with Crippen LogP contribution in [0.5, 0.6) is 0 Å². The van der Waals surface area contributed by atoms with E-state index >= 15 is 0 Å². The number of carboxylic acid groups (broad SMARTS) is 1. The molecule has 6 heteroatoms. The van der Waals surface area contributed by atoms with E-state index in [0.29, 0.717) is 17.5 Å². The zero-order valence-corrected chi connectivity index (χ0v) is 11.5. The van der Waals surface area contributed by atoms with Crippen LogP contribution < -0.4 is 11.5 Å². The van der Waals surface area contributed by atoms with Crippen molar-refractivity contribution < 1.29 is 14.3 Å². The van der Waals surface area contributed by atoms with Gasteiger partial charge >= 0.3 is 11.7 Å². The van der Waals surface area contributed by atoms with Gasteiger partial charge in [-0.15, -0.1) is 0 Å². The summed E-state index contributed by atoms with van der Waals surface area (Å²) in [6.45, 7) is 3.79. The average molecular weight is 278 g/mol. The van der Waals surface area contributed by atoms with Crippen LogP contribution in [0.3, 0.4) is 0 Å². The van der Waals surface area contributed by atoms with Crippen molar-refractivity contribution >= 4 is 17.1 Å². The van der Waals surface area contributed by atoms with E-state index < -0.39 is 11.7 Å². The van der Waals surface area contributed by atoms with Gasteiger partial charge in [0.05, 0.1) is 5.52 Å². The lowest BCUT2D eigenvalue weighted by atomic mass is 10.0. The summed E-state index contributed by atoms with van der Waals surface area (Å²) in [6, 6.07) is 4.87. The third kappa shape index (κ3) is 2.75. The lowest BCUT2D eigenvalue weighted by Gasteiger charge is -2.12. The van der Waals surface area contributed by atoms with Gasteiger partial charge in [0, 0.05) is 18.5 Å². The van der Waals surface area contributed by atoms with Gasteiger partial charge in [-0.2, -0.15) is 0 Å². The molecule has 108 valence electrons. The first-order chi connectivity index (χ1) is 9.40. The highest BCUT2D eigenvalue weighted by Gasteiger charge is 2.15. The van der Waals surface area contributed by atoms with Gasteiger partial charge in [0.15, 0.2) is 5.58 Å². The summed E-state index contributed by atoms with van der Waals surface area (Å²) >= 11 is 0. The smallest absolute Gasteiger partial charge is 0.420 e. The summed E-state index contributed by atoms with van der Waals surface area (Å²) in [7, 11) is 0. The second-order valence-electron chi connectivity index (χ2n) is 5.10. The number of aromatic nitrogens is 1. The minimum atomic E-state index is -0.871. The van der Waals surface area contributed by atoms with Gasteiger partial charge in [-0.1, -0.05) is 6.07 Å². The van der Waals surface area contributed by atoms with Crippen LogP contribution in [0.1, 0.15) is 44.3 Å². The molecule has 1 heterocycles. The molecule has 0 bridgehead atoms. The number of nitrogens with two attached hydrogens (primary N) is 1. The van der Waals surface area contributed by atoms with Crippen LogP contribution >= 0.6 is 0 Å². The van der Waals surface area contributed by atoms with E-state index in [-0.39, 0.29) is 18.5 Å². The highest BCUT2D eigenvalue weighted by atomic mass is 16.4. The number of aliphatic carboxylic acids is 1. The maximum Gasteiger partial charge on any atom is 0.420 e. The molecule has 2 aromatic rings. The summed E-state index contributed by atoms with van der Waals surface area (Å²) < 4.78 is 6.72. The predicted octanol–water partition coefficient (Wildman–Crippen LogP) is 2.04. The molecule has 0 amide bonds. The van der Waals surface area contributed by atoms with E-state index in [1.807, 2.05) is 13.8 Å². The number of fused-ring (bicyclic) bond motifs is 1. The standard InChI is InChI=1S/C14H18N2O4/c1-8(2)16-11-7-9(10(15)4-6-13(17)18)3-5-12(11)20-14(16)19/h3,5,7-8,10H,4,6,15H2,1-2H3,(H,17,18). The Morgan fingerprint density at radius 2 is 2.15 bits per heavy atom. The predicted molar refractivity (Wildman–Crippen MR) is 74.7 cm³/mol. The molecule has 0 spiro atoms. The lowest BCUT2D eigenvalue weighted by Crippen LogP contribution is -2.16. The van der Waals surface area contributed by atoms with Crippen molar-refractivity contribution in [1.82, 2.24) is 4.57 Å². The number of nitrogens with zero attached hydrogens (tertiary/aromatic N) is 1. The van der Waals surface area contributed by atoms with E-state index in [9.17, 15) is 9.59 Å². The summed E-state index contributed by atoms with van der Waals surface area (Å²) in [5, 5.41) is 8.69. The van der Waals surface area contributed by atoms with Crippen molar-refractivity contribution in [2.45, 2.75) is 38.8 Å². The van der Waals surface area contributed by atoms with Crippen molar-refractivity contribution in [3.8, 4) is 0 Å². The van der Waals surface area contributed by atoms with Gasteiger partial charge in [-0.25, -0.2) is 4.79 Å². The molecule has 20 heavy (non-hydrogen) atoms.